The number of benzene rings is 1. The molecule has 2 unspecified atom stereocenters. The van der Waals surface area contributed by atoms with E-state index in [2.05, 4.69) is 63.1 Å². The second-order valence-electron chi connectivity index (χ2n) is 8.39. The van der Waals surface area contributed by atoms with Crippen LogP contribution in [-0.4, -0.2) is 86.6 Å². The predicted octanol–water partition coefficient (Wildman–Crippen LogP) is 1.64. The second kappa shape index (κ2) is 10.8. The molecular formula is C23H37N5O2. The van der Waals surface area contributed by atoms with Gasteiger partial charge in [0.1, 0.15) is 0 Å². The fourth-order valence-electron chi connectivity index (χ4n) is 4.49. The first kappa shape index (κ1) is 22.6. The lowest BCUT2D eigenvalue weighted by Crippen LogP contribution is -2.45. The SMILES string of the molecule is CCN1CCN(Cc2ccccc2CNC(=NC)N2CC(C)C(C(=O)OC)C2)CC1. The molecule has 7 nitrogen and oxygen atoms in total. The quantitative estimate of drug-likeness (QED) is 0.433. The minimum absolute atomic E-state index is 0.0948. The van der Waals surface area contributed by atoms with E-state index in [0.717, 1.165) is 58.3 Å². The van der Waals surface area contributed by atoms with E-state index >= 15 is 0 Å². The standard InChI is InChI=1S/C23H37N5O2/c1-5-26-10-12-27(13-11-26)16-20-9-7-6-8-19(20)14-25-23(24-3)28-15-18(2)21(17-28)22(29)30-4/h6-9,18,21H,5,10-17H2,1-4H3,(H,24,25). The molecule has 166 valence electrons. The maximum Gasteiger partial charge on any atom is 0.310 e. The van der Waals surface area contributed by atoms with Crippen molar-refractivity contribution in [2.24, 2.45) is 16.8 Å². The molecule has 1 aromatic rings. The zero-order valence-electron chi connectivity index (χ0n) is 18.9. The molecular weight excluding hydrogens is 378 g/mol. The number of carbonyl (C=O) groups is 1. The van der Waals surface area contributed by atoms with E-state index in [0.29, 0.717) is 6.54 Å². The molecule has 2 saturated heterocycles. The molecule has 0 radical (unpaired) electrons. The molecule has 0 saturated carbocycles. The van der Waals surface area contributed by atoms with Crippen molar-refractivity contribution in [3.8, 4) is 0 Å². The van der Waals surface area contributed by atoms with Crippen molar-refractivity contribution in [2.75, 3.05) is 60.0 Å². The van der Waals surface area contributed by atoms with Gasteiger partial charge < -0.3 is 19.9 Å². The van der Waals surface area contributed by atoms with Crippen LogP contribution < -0.4 is 5.32 Å². The third-order valence-electron chi connectivity index (χ3n) is 6.49. The van der Waals surface area contributed by atoms with E-state index in [1.54, 1.807) is 7.05 Å². The molecule has 0 aromatic heterocycles. The number of methoxy groups -OCH3 is 1. The summed E-state index contributed by atoms with van der Waals surface area (Å²) in [6.45, 7) is 13.2. The van der Waals surface area contributed by atoms with Crippen molar-refractivity contribution >= 4 is 11.9 Å². The van der Waals surface area contributed by atoms with Gasteiger partial charge in [0.2, 0.25) is 0 Å². The first-order chi connectivity index (χ1) is 14.5. The van der Waals surface area contributed by atoms with Gasteiger partial charge in [-0.1, -0.05) is 38.1 Å². The van der Waals surface area contributed by atoms with Gasteiger partial charge in [0, 0.05) is 59.4 Å². The van der Waals surface area contributed by atoms with Gasteiger partial charge in [0.15, 0.2) is 5.96 Å². The number of nitrogens with zero attached hydrogens (tertiary/aromatic N) is 4. The number of carbonyl (C=O) groups excluding carboxylic acids is 1. The molecule has 7 heteroatoms. The zero-order chi connectivity index (χ0) is 21.5. The van der Waals surface area contributed by atoms with Gasteiger partial charge in [0.25, 0.3) is 0 Å². The average Bonchev–Trinajstić information content (AvgIpc) is 3.16. The average molecular weight is 416 g/mol. The van der Waals surface area contributed by atoms with E-state index in [4.69, 9.17) is 4.74 Å². The summed E-state index contributed by atoms with van der Waals surface area (Å²) in [6.07, 6.45) is 0. The molecule has 0 aliphatic carbocycles. The Kier molecular flexibility index (Phi) is 8.10. The third-order valence-corrected chi connectivity index (χ3v) is 6.49. The number of guanidine groups is 1. The summed E-state index contributed by atoms with van der Waals surface area (Å²) in [5.74, 6) is 0.876. The highest BCUT2D eigenvalue weighted by Crippen LogP contribution is 2.24. The highest BCUT2D eigenvalue weighted by atomic mass is 16.5. The normalized spacial score (nSPS) is 23.6. The Morgan fingerprint density at radius 1 is 1.13 bits per heavy atom. The van der Waals surface area contributed by atoms with Crippen LogP contribution in [0.1, 0.15) is 25.0 Å². The lowest BCUT2D eigenvalue weighted by atomic mass is 9.99. The summed E-state index contributed by atoms with van der Waals surface area (Å²) in [5.41, 5.74) is 2.67. The molecule has 2 fully saturated rings. The Bertz CT molecular complexity index is 730. The molecule has 2 aliphatic rings. The second-order valence-corrected chi connectivity index (χ2v) is 8.39. The van der Waals surface area contributed by atoms with Crippen LogP contribution in [0.15, 0.2) is 29.3 Å². The number of piperazine rings is 1. The number of aliphatic imine (C=N–C) groups is 1. The number of esters is 1. The van der Waals surface area contributed by atoms with Gasteiger partial charge >= 0.3 is 5.97 Å². The first-order valence-electron chi connectivity index (χ1n) is 11.1. The molecule has 30 heavy (non-hydrogen) atoms. The van der Waals surface area contributed by atoms with Crippen LogP contribution in [0.5, 0.6) is 0 Å². The van der Waals surface area contributed by atoms with Gasteiger partial charge in [-0.2, -0.15) is 0 Å². The Morgan fingerprint density at radius 2 is 1.80 bits per heavy atom. The Hall–Kier alpha value is -2.12. The number of rotatable bonds is 6. The van der Waals surface area contributed by atoms with Crippen LogP contribution in [0.25, 0.3) is 0 Å². The van der Waals surface area contributed by atoms with Crippen LogP contribution in [0.2, 0.25) is 0 Å². The van der Waals surface area contributed by atoms with E-state index in [9.17, 15) is 4.79 Å². The van der Waals surface area contributed by atoms with E-state index in [1.807, 2.05) is 0 Å². The molecule has 2 atom stereocenters. The molecule has 2 aliphatic heterocycles. The largest absolute Gasteiger partial charge is 0.469 e. The van der Waals surface area contributed by atoms with Gasteiger partial charge in [-0.05, 0) is 23.6 Å². The lowest BCUT2D eigenvalue weighted by molar-refractivity contribution is -0.145. The van der Waals surface area contributed by atoms with Crippen LogP contribution in [0.3, 0.4) is 0 Å². The first-order valence-corrected chi connectivity index (χ1v) is 11.1. The maximum atomic E-state index is 12.0. The third kappa shape index (κ3) is 5.52. The predicted molar refractivity (Wildman–Crippen MR) is 120 cm³/mol. The minimum atomic E-state index is -0.131. The lowest BCUT2D eigenvalue weighted by Gasteiger charge is -2.34. The summed E-state index contributed by atoms with van der Waals surface area (Å²) in [7, 11) is 3.27. The van der Waals surface area contributed by atoms with Crippen molar-refractivity contribution in [2.45, 2.75) is 26.9 Å². The summed E-state index contributed by atoms with van der Waals surface area (Å²) in [4.78, 5) is 23.7. The van der Waals surface area contributed by atoms with Crippen LogP contribution in [-0.2, 0) is 22.6 Å². The molecule has 0 bridgehead atoms. The van der Waals surface area contributed by atoms with Gasteiger partial charge in [0.05, 0.1) is 13.0 Å². The van der Waals surface area contributed by atoms with E-state index in [-0.39, 0.29) is 17.8 Å². The molecule has 1 N–H and O–H groups in total. The molecule has 0 amide bonds. The summed E-state index contributed by atoms with van der Waals surface area (Å²) in [6, 6.07) is 8.65. The topological polar surface area (TPSA) is 60.4 Å². The van der Waals surface area contributed by atoms with Gasteiger partial charge in [-0.3, -0.25) is 14.7 Å². The zero-order valence-corrected chi connectivity index (χ0v) is 18.9. The summed E-state index contributed by atoms with van der Waals surface area (Å²) in [5, 5.41) is 3.52. The van der Waals surface area contributed by atoms with Crippen molar-refractivity contribution in [3.05, 3.63) is 35.4 Å². The maximum absolute atomic E-state index is 12.0. The van der Waals surface area contributed by atoms with E-state index in [1.165, 1.54) is 18.2 Å². The number of nitrogens with one attached hydrogen (secondary N) is 1. The van der Waals surface area contributed by atoms with Crippen molar-refractivity contribution < 1.29 is 9.53 Å². The monoisotopic (exact) mass is 415 g/mol. The smallest absolute Gasteiger partial charge is 0.310 e. The number of hydrogen-bond acceptors (Lipinski definition) is 5. The number of likely N-dealkylation sites (tertiary alicyclic amines) is 1. The molecule has 3 rings (SSSR count). The van der Waals surface area contributed by atoms with Crippen molar-refractivity contribution in [3.63, 3.8) is 0 Å². The highest BCUT2D eigenvalue weighted by Gasteiger charge is 2.36. The summed E-state index contributed by atoms with van der Waals surface area (Å²) < 4.78 is 4.96. The summed E-state index contributed by atoms with van der Waals surface area (Å²) >= 11 is 0. The fraction of sp³-hybridized carbons (Fsp3) is 0.652. The van der Waals surface area contributed by atoms with Crippen molar-refractivity contribution in [1.29, 1.82) is 0 Å². The van der Waals surface area contributed by atoms with Crippen LogP contribution >= 0.6 is 0 Å². The Labute approximate surface area is 181 Å². The minimum Gasteiger partial charge on any atom is -0.469 e. The Morgan fingerprint density at radius 3 is 2.43 bits per heavy atom. The van der Waals surface area contributed by atoms with Crippen LogP contribution in [0, 0.1) is 11.8 Å². The molecule has 0 spiro atoms. The fourth-order valence-corrected chi connectivity index (χ4v) is 4.49. The van der Waals surface area contributed by atoms with Gasteiger partial charge in [-0.25, -0.2) is 0 Å². The van der Waals surface area contributed by atoms with Crippen molar-refractivity contribution in [1.82, 2.24) is 20.0 Å². The highest BCUT2D eigenvalue weighted by molar-refractivity contribution is 5.82. The van der Waals surface area contributed by atoms with Gasteiger partial charge in [-0.15, -0.1) is 0 Å². The number of hydrogen-bond donors (Lipinski definition) is 1. The number of likely N-dealkylation sites (N-methyl/N-ethyl adjacent to an activating group) is 1. The van der Waals surface area contributed by atoms with E-state index < -0.39 is 0 Å². The molecule has 2 heterocycles. The van der Waals surface area contributed by atoms with Crippen LogP contribution in [0.4, 0.5) is 0 Å². The Balaban J connectivity index is 1.58. The number of ether oxygens (including phenoxy) is 1. The molecule has 1 aromatic carbocycles.